The van der Waals surface area contributed by atoms with Gasteiger partial charge in [-0.25, -0.2) is 9.78 Å². The van der Waals surface area contributed by atoms with Gasteiger partial charge in [-0.1, -0.05) is 11.6 Å². The molecule has 1 N–H and O–H groups in total. The summed E-state index contributed by atoms with van der Waals surface area (Å²) in [5.74, 6) is 0.297. The van der Waals surface area contributed by atoms with Crippen LogP contribution in [0.25, 0.3) is 0 Å². The van der Waals surface area contributed by atoms with Gasteiger partial charge in [0.2, 0.25) is 5.91 Å². The number of hydrogen-bond acceptors (Lipinski definition) is 6. The Hall–Kier alpha value is -1.93. The first-order chi connectivity index (χ1) is 12.5. The van der Waals surface area contributed by atoms with Crippen LogP contribution in [-0.2, 0) is 9.53 Å². The monoisotopic (exact) mass is 396 g/mol. The molecule has 3 heterocycles. The van der Waals surface area contributed by atoms with Crippen molar-refractivity contribution in [3.63, 3.8) is 0 Å². The maximum Gasteiger partial charge on any atom is 0.378 e. The third-order valence-electron chi connectivity index (χ3n) is 4.55. The molecule has 2 aromatic rings. The zero-order valence-corrected chi connectivity index (χ0v) is 16.3. The Morgan fingerprint density at radius 2 is 2.15 bits per heavy atom. The second-order valence-electron chi connectivity index (χ2n) is 6.23. The van der Waals surface area contributed by atoms with Gasteiger partial charge >= 0.3 is 5.97 Å². The molecule has 2 aromatic heterocycles. The lowest BCUT2D eigenvalue weighted by Gasteiger charge is -2.32. The molecule has 140 valence electrons. The number of piperidine rings is 1. The lowest BCUT2D eigenvalue weighted by atomic mass is 9.95. The Labute approximate surface area is 160 Å². The molecular weight excluding hydrogens is 376 g/mol. The van der Waals surface area contributed by atoms with Gasteiger partial charge in [0.1, 0.15) is 5.82 Å². The molecule has 7 nitrogen and oxygen atoms in total. The maximum atomic E-state index is 12.7. The number of nitrogens with one attached hydrogen (secondary N) is 1. The number of nitrogens with zero attached hydrogens (tertiary/aromatic N) is 3. The highest BCUT2D eigenvalue weighted by atomic mass is 35.5. The predicted molar refractivity (Wildman–Crippen MR) is 98.6 cm³/mol. The van der Waals surface area contributed by atoms with Crippen molar-refractivity contribution in [2.75, 3.05) is 19.7 Å². The van der Waals surface area contributed by atoms with E-state index in [1.165, 1.54) is 11.3 Å². The average molecular weight is 397 g/mol. The van der Waals surface area contributed by atoms with Gasteiger partial charge in [0, 0.05) is 23.9 Å². The smallest absolute Gasteiger partial charge is 0.378 e. The molecule has 26 heavy (non-hydrogen) atoms. The van der Waals surface area contributed by atoms with Gasteiger partial charge in [-0.15, -0.1) is 16.4 Å². The third kappa shape index (κ3) is 4.07. The van der Waals surface area contributed by atoms with Gasteiger partial charge in [0.15, 0.2) is 0 Å². The standard InChI is InChI=1S/C17H21ClN4O3S/c1-3-25-17(24)15-19-14(20-21-15)11-6-8-22(9-7-11)16(23)10(2)12-4-5-13(18)26-12/h4-5,10-11H,3,6-9H2,1-2H3,(H,19,20,21)/t10-/m0/s1. The number of halogens is 1. The Kier molecular flexibility index (Phi) is 5.93. The summed E-state index contributed by atoms with van der Waals surface area (Å²) < 4.78 is 5.60. The van der Waals surface area contributed by atoms with Crippen LogP contribution in [0.1, 0.15) is 59.8 Å². The summed E-state index contributed by atoms with van der Waals surface area (Å²) in [5, 5.41) is 6.76. The van der Waals surface area contributed by atoms with Crippen molar-refractivity contribution in [2.45, 2.75) is 38.5 Å². The van der Waals surface area contributed by atoms with Crippen molar-refractivity contribution in [3.8, 4) is 0 Å². The molecule has 0 unspecified atom stereocenters. The molecule has 3 rings (SSSR count). The molecule has 1 atom stereocenters. The van der Waals surface area contributed by atoms with E-state index in [0.29, 0.717) is 23.3 Å². The highest BCUT2D eigenvalue weighted by Crippen LogP contribution is 2.31. The topological polar surface area (TPSA) is 88.2 Å². The van der Waals surface area contributed by atoms with Crippen molar-refractivity contribution < 1.29 is 14.3 Å². The van der Waals surface area contributed by atoms with E-state index in [0.717, 1.165) is 17.7 Å². The number of likely N-dealkylation sites (tertiary alicyclic amines) is 1. The predicted octanol–water partition coefficient (Wildman–Crippen LogP) is 3.21. The van der Waals surface area contributed by atoms with E-state index in [2.05, 4.69) is 15.2 Å². The normalized spacial score (nSPS) is 16.5. The molecule has 9 heteroatoms. The van der Waals surface area contributed by atoms with Crippen LogP contribution in [0.5, 0.6) is 0 Å². The summed E-state index contributed by atoms with van der Waals surface area (Å²) in [6.07, 6.45) is 1.56. The van der Waals surface area contributed by atoms with Crippen LogP contribution in [0.4, 0.5) is 0 Å². The van der Waals surface area contributed by atoms with E-state index in [1.54, 1.807) is 6.92 Å². The number of aromatic amines is 1. The minimum atomic E-state index is -0.522. The number of rotatable bonds is 5. The highest BCUT2D eigenvalue weighted by Gasteiger charge is 2.29. The number of hydrogen-bond donors (Lipinski definition) is 1. The summed E-state index contributed by atoms with van der Waals surface area (Å²) >= 11 is 7.42. The van der Waals surface area contributed by atoms with Crippen molar-refractivity contribution in [1.29, 1.82) is 0 Å². The zero-order chi connectivity index (χ0) is 18.7. The van der Waals surface area contributed by atoms with E-state index in [4.69, 9.17) is 16.3 Å². The molecule has 0 aliphatic carbocycles. The van der Waals surface area contributed by atoms with Gasteiger partial charge in [0.05, 0.1) is 16.9 Å². The number of ether oxygens (including phenoxy) is 1. The van der Waals surface area contributed by atoms with Crippen molar-refractivity contribution in [1.82, 2.24) is 20.1 Å². The lowest BCUT2D eigenvalue weighted by molar-refractivity contribution is -0.133. The molecule has 1 fully saturated rings. The van der Waals surface area contributed by atoms with Crippen LogP contribution >= 0.6 is 22.9 Å². The first-order valence-corrected chi connectivity index (χ1v) is 9.82. The van der Waals surface area contributed by atoms with Crippen LogP contribution in [0, 0.1) is 0 Å². The molecule has 0 aromatic carbocycles. The molecule has 1 aliphatic rings. The van der Waals surface area contributed by atoms with E-state index >= 15 is 0 Å². The summed E-state index contributed by atoms with van der Waals surface area (Å²) in [4.78, 5) is 31.5. The Morgan fingerprint density at radius 1 is 1.42 bits per heavy atom. The largest absolute Gasteiger partial charge is 0.460 e. The zero-order valence-electron chi connectivity index (χ0n) is 14.7. The number of thiophene rings is 1. The van der Waals surface area contributed by atoms with Gasteiger partial charge in [-0.05, 0) is 38.8 Å². The van der Waals surface area contributed by atoms with Crippen LogP contribution in [0.2, 0.25) is 4.34 Å². The lowest BCUT2D eigenvalue weighted by Crippen LogP contribution is -2.40. The molecule has 0 saturated carbocycles. The second-order valence-corrected chi connectivity index (χ2v) is 7.97. The average Bonchev–Trinajstić information content (AvgIpc) is 3.30. The summed E-state index contributed by atoms with van der Waals surface area (Å²) in [7, 11) is 0. The Balaban J connectivity index is 1.57. The fraction of sp³-hybridized carbons (Fsp3) is 0.529. The number of aromatic nitrogens is 3. The molecule has 1 aliphatic heterocycles. The summed E-state index contributed by atoms with van der Waals surface area (Å²) in [5.41, 5.74) is 0. The minimum absolute atomic E-state index is 0.0588. The Bertz CT molecular complexity index is 783. The van der Waals surface area contributed by atoms with Gasteiger partial charge in [-0.2, -0.15) is 0 Å². The summed E-state index contributed by atoms with van der Waals surface area (Å²) in [6, 6.07) is 3.73. The SMILES string of the molecule is CCOC(=O)c1n[nH]c(C2CCN(C(=O)[C@@H](C)c3ccc(Cl)s3)CC2)n1. The van der Waals surface area contributed by atoms with Crippen molar-refractivity contribution in [2.24, 2.45) is 0 Å². The number of carbonyl (C=O) groups is 2. The molecule has 0 bridgehead atoms. The van der Waals surface area contributed by atoms with Crippen LogP contribution in [-0.4, -0.2) is 51.7 Å². The first kappa shape index (κ1) is 18.8. The van der Waals surface area contributed by atoms with Crippen LogP contribution in [0.15, 0.2) is 12.1 Å². The van der Waals surface area contributed by atoms with Crippen LogP contribution in [0.3, 0.4) is 0 Å². The second kappa shape index (κ2) is 8.18. The molecule has 0 spiro atoms. The maximum absolute atomic E-state index is 12.7. The number of esters is 1. The quantitative estimate of drug-likeness (QED) is 0.784. The first-order valence-electron chi connectivity index (χ1n) is 8.63. The molecule has 1 amide bonds. The van der Waals surface area contributed by atoms with Crippen molar-refractivity contribution >= 4 is 34.8 Å². The van der Waals surface area contributed by atoms with E-state index in [9.17, 15) is 9.59 Å². The fourth-order valence-corrected chi connectivity index (χ4v) is 4.18. The Morgan fingerprint density at radius 3 is 2.77 bits per heavy atom. The van der Waals surface area contributed by atoms with E-state index in [-0.39, 0.29) is 30.2 Å². The number of H-pyrrole nitrogens is 1. The van der Waals surface area contributed by atoms with E-state index < -0.39 is 5.97 Å². The minimum Gasteiger partial charge on any atom is -0.460 e. The van der Waals surface area contributed by atoms with Crippen molar-refractivity contribution in [3.05, 3.63) is 33.0 Å². The fourth-order valence-electron chi connectivity index (χ4n) is 3.07. The third-order valence-corrected chi connectivity index (χ3v) is 5.96. The van der Waals surface area contributed by atoms with Gasteiger partial charge in [0.25, 0.3) is 5.82 Å². The summed E-state index contributed by atoms with van der Waals surface area (Å²) in [6.45, 7) is 5.25. The van der Waals surface area contributed by atoms with Crippen LogP contribution < -0.4 is 0 Å². The number of carbonyl (C=O) groups excluding carboxylic acids is 2. The molecule has 1 saturated heterocycles. The van der Waals surface area contributed by atoms with Gasteiger partial charge < -0.3 is 9.64 Å². The molecular formula is C17H21ClN4O3S. The van der Waals surface area contributed by atoms with E-state index in [1.807, 2.05) is 24.0 Å². The highest BCUT2D eigenvalue weighted by molar-refractivity contribution is 7.16. The number of amides is 1. The molecule has 0 radical (unpaired) electrons. The van der Waals surface area contributed by atoms with Gasteiger partial charge in [-0.3, -0.25) is 9.89 Å².